The van der Waals surface area contributed by atoms with Crippen LogP contribution in [0.25, 0.3) is 0 Å². The summed E-state index contributed by atoms with van der Waals surface area (Å²) in [7, 11) is 0. The van der Waals surface area contributed by atoms with Crippen LogP contribution in [0.4, 0.5) is 0 Å². The van der Waals surface area contributed by atoms with Crippen molar-refractivity contribution in [3.8, 4) is 11.5 Å². The van der Waals surface area contributed by atoms with Crippen LogP contribution in [0.3, 0.4) is 0 Å². The molecule has 1 aromatic carbocycles. The normalized spacial score (nSPS) is 21.7. The van der Waals surface area contributed by atoms with Crippen LogP contribution in [-0.4, -0.2) is 42.8 Å². The summed E-state index contributed by atoms with van der Waals surface area (Å²) in [6, 6.07) is 6.11. The summed E-state index contributed by atoms with van der Waals surface area (Å²) in [6.07, 6.45) is 1.91. The van der Waals surface area contributed by atoms with E-state index in [2.05, 4.69) is 16.0 Å². The van der Waals surface area contributed by atoms with E-state index in [1.807, 2.05) is 23.7 Å². The zero-order chi connectivity index (χ0) is 14.8. The molecule has 1 atom stereocenters. The summed E-state index contributed by atoms with van der Waals surface area (Å²) in [5.41, 5.74) is 1.18. The lowest BCUT2D eigenvalue weighted by molar-refractivity contribution is -0.0333. The van der Waals surface area contributed by atoms with E-state index in [0.717, 1.165) is 42.7 Å². The molecule has 0 amide bonds. The van der Waals surface area contributed by atoms with Gasteiger partial charge < -0.3 is 14.2 Å². The summed E-state index contributed by atoms with van der Waals surface area (Å²) >= 11 is 1.65. The van der Waals surface area contributed by atoms with Crippen molar-refractivity contribution in [1.82, 2.24) is 9.88 Å². The topological polar surface area (TPSA) is 43.8 Å². The zero-order valence-corrected chi connectivity index (χ0v) is 13.1. The minimum atomic E-state index is 0.0745. The van der Waals surface area contributed by atoms with Crippen LogP contribution in [0.5, 0.6) is 11.5 Å². The van der Waals surface area contributed by atoms with Gasteiger partial charge in [-0.15, -0.1) is 11.3 Å². The van der Waals surface area contributed by atoms with Crippen molar-refractivity contribution in [2.75, 3.05) is 32.9 Å². The van der Waals surface area contributed by atoms with Crippen molar-refractivity contribution in [2.24, 2.45) is 0 Å². The molecule has 0 N–H and O–H groups in total. The minimum absolute atomic E-state index is 0.0745. The molecular weight excluding hydrogens is 300 g/mol. The van der Waals surface area contributed by atoms with Gasteiger partial charge in [0.15, 0.2) is 11.5 Å². The van der Waals surface area contributed by atoms with Gasteiger partial charge >= 0.3 is 0 Å². The fraction of sp³-hybridized carbons (Fsp3) is 0.438. The number of nitrogens with zero attached hydrogens (tertiary/aromatic N) is 2. The molecular formula is C16H18N2O3S. The van der Waals surface area contributed by atoms with E-state index in [0.29, 0.717) is 13.2 Å². The Morgan fingerprint density at radius 2 is 2.18 bits per heavy atom. The molecule has 4 rings (SSSR count). The quantitative estimate of drug-likeness (QED) is 0.870. The largest absolute Gasteiger partial charge is 0.486 e. The Morgan fingerprint density at radius 3 is 3.09 bits per heavy atom. The number of benzene rings is 1. The van der Waals surface area contributed by atoms with Crippen molar-refractivity contribution < 1.29 is 14.2 Å². The first-order valence-corrected chi connectivity index (χ1v) is 8.39. The molecule has 0 saturated carbocycles. The Morgan fingerprint density at radius 1 is 1.23 bits per heavy atom. The fourth-order valence-electron chi connectivity index (χ4n) is 2.89. The summed E-state index contributed by atoms with van der Waals surface area (Å²) < 4.78 is 17.3. The molecule has 1 saturated heterocycles. The predicted molar refractivity (Wildman–Crippen MR) is 83.5 cm³/mol. The Labute approximate surface area is 133 Å². The Bertz CT molecular complexity index is 632. The number of para-hydroxylation sites is 1. The standard InChI is InChI=1S/C16H18N2O3S/c1-2-12(15-13(3-1)20-7-8-21-15)10-18-5-6-19-14(11-18)16-17-4-9-22-16/h1-4,9,14H,5-8,10-11H2/t14-/m1/s1. The molecule has 2 aliphatic heterocycles. The number of hydrogen-bond acceptors (Lipinski definition) is 6. The number of thiazole rings is 1. The molecule has 6 heteroatoms. The van der Waals surface area contributed by atoms with Gasteiger partial charge in [0, 0.05) is 36.8 Å². The van der Waals surface area contributed by atoms with Gasteiger partial charge in [0.1, 0.15) is 24.3 Å². The lowest BCUT2D eigenvalue weighted by atomic mass is 10.1. The zero-order valence-electron chi connectivity index (χ0n) is 12.2. The molecule has 0 bridgehead atoms. The fourth-order valence-corrected chi connectivity index (χ4v) is 3.57. The van der Waals surface area contributed by atoms with Gasteiger partial charge in [0.25, 0.3) is 0 Å². The highest BCUT2D eigenvalue weighted by Gasteiger charge is 2.25. The van der Waals surface area contributed by atoms with Gasteiger partial charge in [-0.3, -0.25) is 4.90 Å². The van der Waals surface area contributed by atoms with E-state index >= 15 is 0 Å². The third-order valence-electron chi connectivity index (χ3n) is 3.92. The summed E-state index contributed by atoms with van der Waals surface area (Å²) in [6.45, 7) is 4.60. The molecule has 5 nitrogen and oxygen atoms in total. The van der Waals surface area contributed by atoms with Gasteiger partial charge in [-0.05, 0) is 6.07 Å². The molecule has 2 aliphatic rings. The highest BCUT2D eigenvalue weighted by Crippen LogP contribution is 2.35. The molecule has 0 spiro atoms. The first-order valence-electron chi connectivity index (χ1n) is 7.51. The van der Waals surface area contributed by atoms with Crippen LogP contribution in [-0.2, 0) is 11.3 Å². The Hall–Kier alpha value is -1.63. The second kappa shape index (κ2) is 6.24. The van der Waals surface area contributed by atoms with Crippen molar-refractivity contribution in [2.45, 2.75) is 12.6 Å². The molecule has 1 fully saturated rings. The Kier molecular flexibility index (Phi) is 3.97. The third-order valence-corrected chi connectivity index (χ3v) is 4.79. The van der Waals surface area contributed by atoms with Crippen LogP contribution < -0.4 is 9.47 Å². The molecule has 0 unspecified atom stereocenters. The van der Waals surface area contributed by atoms with Crippen LogP contribution >= 0.6 is 11.3 Å². The summed E-state index contributed by atoms with van der Waals surface area (Å²) in [4.78, 5) is 6.77. The van der Waals surface area contributed by atoms with Gasteiger partial charge in [0.2, 0.25) is 0 Å². The van der Waals surface area contributed by atoms with Gasteiger partial charge in [-0.25, -0.2) is 4.98 Å². The minimum Gasteiger partial charge on any atom is -0.486 e. The number of morpholine rings is 1. The SMILES string of the molecule is c1cc(CN2CCO[C@@H](c3nccs3)C2)c2c(c1)OCCO2. The second-order valence-corrected chi connectivity index (χ2v) is 6.33. The van der Waals surface area contributed by atoms with Gasteiger partial charge in [-0.2, -0.15) is 0 Å². The van der Waals surface area contributed by atoms with Crippen LogP contribution in [0.1, 0.15) is 16.7 Å². The number of ether oxygens (including phenoxy) is 3. The Balaban J connectivity index is 1.49. The maximum Gasteiger partial charge on any atom is 0.165 e. The first kappa shape index (κ1) is 14.0. The van der Waals surface area contributed by atoms with E-state index in [1.54, 1.807) is 11.3 Å². The van der Waals surface area contributed by atoms with E-state index in [-0.39, 0.29) is 6.10 Å². The van der Waals surface area contributed by atoms with E-state index in [1.165, 1.54) is 5.56 Å². The number of hydrogen-bond donors (Lipinski definition) is 0. The average Bonchev–Trinajstić information content (AvgIpc) is 3.10. The molecule has 0 aliphatic carbocycles. The maximum atomic E-state index is 5.85. The number of rotatable bonds is 3. The van der Waals surface area contributed by atoms with Crippen LogP contribution in [0.2, 0.25) is 0 Å². The predicted octanol–water partition coefficient (Wildman–Crippen LogP) is 2.49. The first-order chi connectivity index (χ1) is 10.9. The third kappa shape index (κ3) is 2.82. The van der Waals surface area contributed by atoms with Crippen molar-refractivity contribution >= 4 is 11.3 Å². The summed E-state index contributed by atoms with van der Waals surface area (Å²) in [5, 5.41) is 3.05. The van der Waals surface area contributed by atoms with Crippen molar-refractivity contribution in [3.63, 3.8) is 0 Å². The van der Waals surface area contributed by atoms with E-state index < -0.39 is 0 Å². The van der Waals surface area contributed by atoms with Crippen molar-refractivity contribution in [1.29, 1.82) is 0 Å². The lowest BCUT2D eigenvalue weighted by Crippen LogP contribution is -2.38. The molecule has 116 valence electrons. The second-order valence-electron chi connectivity index (χ2n) is 5.41. The molecule has 3 heterocycles. The molecule has 2 aromatic rings. The molecule has 22 heavy (non-hydrogen) atoms. The lowest BCUT2D eigenvalue weighted by Gasteiger charge is -2.32. The monoisotopic (exact) mass is 318 g/mol. The smallest absolute Gasteiger partial charge is 0.165 e. The summed E-state index contributed by atoms with van der Waals surface area (Å²) in [5.74, 6) is 1.75. The van der Waals surface area contributed by atoms with E-state index in [4.69, 9.17) is 14.2 Å². The highest BCUT2D eigenvalue weighted by atomic mass is 32.1. The maximum absolute atomic E-state index is 5.85. The highest BCUT2D eigenvalue weighted by molar-refractivity contribution is 7.09. The van der Waals surface area contributed by atoms with Gasteiger partial charge in [0.05, 0.1) is 6.61 Å². The van der Waals surface area contributed by atoms with Crippen molar-refractivity contribution in [3.05, 3.63) is 40.3 Å². The van der Waals surface area contributed by atoms with E-state index in [9.17, 15) is 0 Å². The number of aromatic nitrogens is 1. The molecule has 1 aromatic heterocycles. The average molecular weight is 318 g/mol. The van der Waals surface area contributed by atoms with Crippen LogP contribution in [0.15, 0.2) is 29.8 Å². The van der Waals surface area contributed by atoms with Gasteiger partial charge in [-0.1, -0.05) is 12.1 Å². The number of fused-ring (bicyclic) bond motifs is 1. The van der Waals surface area contributed by atoms with Crippen LogP contribution in [0, 0.1) is 0 Å². The molecule has 0 radical (unpaired) electrons.